The Labute approximate surface area is 176 Å². The molecular formula is C16H7ClF6N6OS. The summed E-state index contributed by atoms with van der Waals surface area (Å²) in [5.74, 6) is 0. The van der Waals surface area contributed by atoms with Gasteiger partial charge >= 0.3 is 12.4 Å². The van der Waals surface area contributed by atoms with Gasteiger partial charge in [0, 0.05) is 30.1 Å². The van der Waals surface area contributed by atoms with E-state index in [1.165, 1.54) is 0 Å². The number of rotatable bonds is 3. The van der Waals surface area contributed by atoms with Gasteiger partial charge in [-0.3, -0.25) is 9.20 Å². The Hall–Kier alpha value is -3.00. The molecule has 0 aliphatic carbocycles. The Balaban J connectivity index is 1.85. The van der Waals surface area contributed by atoms with Gasteiger partial charge in [0.15, 0.2) is 10.7 Å². The van der Waals surface area contributed by atoms with Crippen molar-refractivity contribution >= 4 is 27.9 Å². The first-order chi connectivity index (χ1) is 14.4. The van der Waals surface area contributed by atoms with E-state index in [0.717, 1.165) is 33.9 Å². The minimum absolute atomic E-state index is 0.0531. The van der Waals surface area contributed by atoms with Gasteiger partial charge in [0.25, 0.3) is 5.56 Å². The Morgan fingerprint density at radius 3 is 2.29 bits per heavy atom. The predicted molar refractivity (Wildman–Crippen MR) is 96.7 cm³/mol. The molecule has 0 radical (unpaired) electrons. The van der Waals surface area contributed by atoms with Crippen LogP contribution in [0.15, 0.2) is 35.6 Å². The maximum absolute atomic E-state index is 13.6. The molecule has 4 aromatic heterocycles. The van der Waals surface area contributed by atoms with Crippen LogP contribution >= 0.6 is 22.9 Å². The average molecular weight is 481 g/mol. The molecule has 0 spiro atoms. The Morgan fingerprint density at radius 2 is 1.71 bits per heavy atom. The van der Waals surface area contributed by atoms with E-state index in [1.807, 2.05) is 0 Å². The highest BCUT2D eigenvalue weighted by Gasteiger charge is 2.39. The van der Waals surface area contributed by atoms with E-state index in [4.69, 9.17) is 11.6 Å². The number of halogens is 7. The zero-order valence-corrected chi connectivity index (χ0v) is 16.3. The molecule has 0 bridgehead atoms. The van der Waals surface area contributed by atoms with Crippen LogP contribution in [0.4, 0.5) is 26.3 Å². The van der Waals surface area contributed by atoms with E-state index in [2.05, 4.69) is 20.1 Å². The van der Waals surface area contributed by atoms with Gasteiger partial charge in [0.2, 0.25) is 0 Å². The van der Waals surface area contributed by atoms with Crippen molar-refractivity contribution < 1.29 is 26.3 Å². The fraction of sp³-hybridized carbons (Fsp3) is 0.188. The van der Waals surface area contributed by atoms with E-state index in [1.54, 1.807) is 0 Å². The van der Waals surface area contributed by atoms with Crippen LogP contribution in [-0.4, -0.2) is 29.1 Å². The van der Waals surface area contributed by atoms with Crippen molar-refractivity contribution in [3.8, 4) is 11.3 Å². The number of fused-ring (bicyclic) bond motifs is 1. The van der Waals surface area contributed by atoms with Crippen LogP contribution in [-0.2, 0) is 18.9 Å². The molecule has 0 aliphatic heterocycles. The second-order valence-corrected chi connectivity index (χ2v) is 7.48. The highest BCUT2D eigenvalue weighted by Crippen LogP contribution is 2.41. The predicted octanol–water partition coefficient (Wildman–Crippen LogP) is 4.15. The summed E-state index contributed by atoms with van der Waals surface area (Å²) in [7, 11) is 0. The minimum atomic E-state index is -4.80. The van der Waals surface area contributed by atoms with E-state index >= 15 is 0 Å². The van der Waals surface area contributed by atoms with Crippen molar-refractivity contribution in [1.29, 1.82) is 0 Å². The smallest absolute Gasteiger partial charge is 0.269 e. The van der Waals surface area contributed by atoms with Crippen molar-refractivity contribution in [3.05, 3.63) is 62.6 Å². The molecule has 0 aliphatic rings. The largest absolute Gasteiger partial charge is 0.435 e. The van der Waals surface area contributed by atoms with Crippen LogP contribution in [0.1, 0.15) is 16.3 Å². The van der Waals surface area contributed by atoms with Gasteiger partial charge in [-0.2, -0.15) is 31.4 Å². The molecule has 0 atom stereocenters. The van der Waals surface area contributed by atoms with Crippen LogP contribution in [0.5, 0.6) is 0 Å². The first-order valence-electron chi connectivity index (χ1n) is 8.14. The van der Waals surface area contributed by atoms with Gasteiger partial charge in [0.1, 0.15) is 16.4 Å². The number of hydrogen-bond acceptors (Lipinski definition) is 6. The molecule has 0 N–H and O–H groups in total. The summed E-state index contributed by atoms with van der Waals surface area (Å²) in [5, 5.41) is 2.94. The fourth-order valence-corrected chi connectivity index (χ4v) is 4.01. The van der Waals surface area contributed by atoms with Crippen LogP contribution in [0, 0.1) is 0 Å². The molecule has 0 fully saturated rings. The number of nitrogens with zero attached hydrogens (tertiary/aromatic N) is 6. The Kier molecular flexibility index (Phi) is 5.00. The second kappa shape index (κ2) is 7.30. The molecule has 162 valence electrons. The average Bonchev–Trinajstić information content (AvgIpc) is 3.24. The molecule has 4 heterocycles. The Bertz CT molecular complexity index is 1330. The number of hydrogen-bond donors (Lipinski definition) is 0. The molecule has 15 heteroatoms. The molecule has 0 aromatic carbocycles. The summed E-state index contributed by atoms with van der Waals surface area (Å²) in [6.45, 7) is -0.455. The lowest BCUT2D eigenvalue weighted by molar-refractivity contribution is -0.141. The van der Waals surface area contributed by atoms with E-state index in [-0.39, 0.29) is 32.7 Å². The molecule has 4 aromatic rings. The Morgan fingerprint density at radius 1 is 1.03 bits per heavy atom. The van der Waals surface area contributed by atoms with Crippen molar-refractivity contribution in [1.82, 2.24) is 29.1 Å². The number of alkyl halides is 6. The normalized spacial score (nSPS) is 12.6. The van der Waals surface area contributed by atoms with Gasteiger partial charge in [-0.15, -0.1) is 0 Å². The van der Waals surface area contributed by atoms with Crippen LogP contribution in [0.25, 0.3) is 16.2 Å². The summed E-state index contributed by atoms with van der Waals surface area (Å²) in [5.41, 5.74) is -2.77. The second-order valence-electron chi connectivity index (χ2n) is 6.12. The third-order valence-electron chi connectivity index (χ3n) is 4.00. The molecule has 4 rings (SSSR count). The lowest BCUT2D eigenvalue weighted by Gasteiger charge is -2.08. The van der Waals surface area contributed by atoms with Gasteiger partial charge in [-0.1, -0.05) is 22.9 Å². The molecule has 7 nitrogen and oxygen atoms in total. The summed E-state index contributed by atoms with van der Waals surface area (Å²) in [6.07, 6.45) is -6.19. The molecule has 0 saturated heterocycles. The molecule has 0 saturated carbocycles. The lowest BCUT2D eigenvalue weighted by Crippen LogP contribution is -2.18. The number of thiazole rings is 1. The summed E-state index contributed by atoms with van der Waals surface area (Å²) >= 11 is 5.96. The monoisotopic (exact) mass is 480 g/mol. The van der Waals surface area contributed by atoms with Crippen LogP contribution in [0.3, 0.4) is 0 Å². The van der Waals surface area contributed by atoms with Gasteiger partial charge < -0.3 is 0 Å². The maximum atomic E-state index is 13.6. The van der Waals surface area contributed by atoms with E-state index in [0.29, 0.717) is 6.07 Å². The standard InChI is InChI=1S/C16H7ClF6N6OS/c17-10-2-9(15(18,19)20)27-28(10)5-8-1-11(30)29-12(7-3-24-6-25-4-7)13(16(21,22)23)31-14(29)26-8/h1-4,6H,5H2. The third kappa shape index (κ3) is 3.99. The molecular weight excluding hydrogens is 474 g/mol. The van der Waals surface area contributed by atoms with E-state index < -0.39 is 40.7 Å². The fourth-order valence-electron chi connectivity index (χ4n) is 2.77. The van der Waals surface area contributed by atoms with Gasteiger partial charge in [-0.05, 0) is 0 Å². The zero-order valence-electron chi connectivity index (χ0n) is 14.7. The van der Waals surface area contributed by atoms with Crippen LogP contribution < -0.4 is 5.56 Å². The highest BCUT2D eigenvalue weighted by atomic mass is 35.5. The first kappa shape index (κ1) is 21.2. The first-order valence-corrected chi connectivity index (χ1v) is 9.33. The van der Waals surface area contributed by atoms with E-state index in [9.17, 15) is 31.1 Å². The lowest BCUT2D eigenvalue weighted by atomic mass is 10.2. The summed E-state index contributed by atoms with van der Waals surface area (Å²) in [4.78, 5) is 22.6. The van der Waals surface area contributed by atoms with Crippen molar-refractivity contribution in [2.45, 2.75) is 18.9 Å². The zero-order chi connectivity index (χ0) is 22.6. The molecule has 0 amide bonds. The summed E-state index contributed by atoms with van der Waals surface area (Å²) < 4.78 is 80.7. The molecule has 31 heavy (non-hydrogen) atoms. The maximum Gasteiger partial charge on any atom is 0.435 e. The van der Waals surface area contributed by atoms with Crippen LogP contribution in [0.2, 0.25) is 5.15 Å². The van der Waals surface area contributed by atoms with Crippen molar-refractivity contribution in [3.63, 3.8) is 0 Å². The summed E-state index contributed by atoms with van der Waals surface area (Å²) in [6, 6.07) is 1.49. The van der Waals surface area contributed by atoms with Crippen molar-refractivity contribution in [2.75, 3.05) is 0 Å². The van der Waals surface area contributed by atoms with Gasteiger partial charge in [0.05, 0.1) is 17.9 Å². The minimum Gasteiger partial charge on any atom is -0.269 e. The molecule has 0 unspecified atom stereocenters. The topological polar surface area (TPSA) is 78.0 Å². The quantitative estimate of drug-likeness (QED) is 0.412. The number of aromatic nitrogens is 6. The van der Waals surface area contributed by atoms with Crippen molar-refractivity contribution in [2.24, 2.45) is 0 Å². The highest BCUT2D eigenvalue weighted by molar-refractivity contribution is 7.17. The third-order valence-corrected chi connectivity index (χ3v) is 5.39. The SMILES string of the molecule is O=c1cc(Cn2nc(C(F)(F)F)cc2Cl)nc2sc(C(F)(F)F)c(-c3cncnc3)n12. The van der Waals surface area contributed by atoms with Gasteiger partial charge in [-0.25, -0.2) is 19.6 Å².